The molecule has 1 amide bonds. The van der Waals surface area contributed by atoms with Crippen LogP contribution >= 0.6 is 24.0 Å². The highest BCUT2D eigenvalue weighted by atomic mass is 127. The van der Waals surface area contributed by atoms with E-state index in [2.05, 4.69) is 20.9 Å². The van der Waals surface area contributed by atoms with E-state index in [-0.39, 0.29) is 36.4 Å². The molecule has 0 spiro atoms. The number of nitrogens with zero attached hydrogens (tertiary/aromatic N) is 1. The maximum Gasteiger partial charge on any atom is 0.243 e. The molecule has 7 heteroatoms. The molecular formula is C17H20FIN4O. The van der Waals surface area contributed by atoms with Crippen molar-refractivity contribution in [3.8, 4) is 0 Å². The Morgan fingerprint density at radius 1 is 1.08 bits per heavy atom. The number of guanidine groups is 1. The number of nitrogens with one attached hydrogen (secondary N) is 3. The molecule has 0 aliphatic heterocycles. The minimum atomic E-state index is -0.393. The lowest BCUT2D eigenvalue weighted by molar-refractivity contribution is -0.115. The first-order valence-corrected chi connectivity index (χ1v) is 7.21. The number of hydrogen-bond donors (Lipinski definition) is 3. The molecule has 3 N–H and O–H groups in total. The lowest BCUT2D eigenvalue weighted by Crippen LogP contribution is -2.41. The molecule has 0 atom stereocenters. The molecule has 0 radical (unpaired) electrons. The highest BCUT2D eigenvalue weighted by Gasteiger charge is 2.05. The Morgan fingerprint density at radius 2 is 1.83 bits per heavy atom. The molecule has 0 bridgehead atoms. The van der Waals surface area contributed by atoms with Gasteiger partial charge in [-0.1, -0.05) is 36.4 Å². The molecule has 0 aliphatic carbocycles. The monoisotopic (exact) mass is 442 g/mol. The van der Waals surface area contributed by atoms with Crippen molar-refractivity contribution in [2.45, 2.75) is 6.54 Å². The van der Waals surface area contributed by atoms with Crippen LogP contribution < -0.4 is 16.0 Å². The third-order valence-electron chi connectivity index (χ3n) is 3.05. The number of rotatable bonds is 5. The van der Waals surface area contributed by atoms with Crippen molar-refractivity contribution >= 4 is 41.5 Å². The Balaban J connectivity index is 0.00000288. The Morgan fingerprint density at radius 3 is 2.50 bits per heavy atom. The first kappa shape index (κ1) is 19.9. The van der Waals surface area contributed by atoms with Gasteiger partial charge in [0.25, 0.3) is 0 Å². The van der Waals surface area contributed by atoms with E-state index >= 15 is 0 Å². The molecule has 0 aromatic heterocycles. The van der Waals surface area contributed by atoms with E-state index in [1.807, 2.05) is 30.3 Å². The summed E-state index contributed by atoms with van der Waals surface area (Å²) in [6.45, 7) is 0.636. The Bertz CT molecular complexity index is 679. The van der Waals surface area contributed by atoms with E-state index in [4.69, 9.17) is 0 Å². The smallest absolute Gasteiger partial charge is 0.243 e. The van der Waals surface area contributed by atoms with Crippen molar-refractivity contribution in [3.63, 3.8) is 0 Å². The molecule has 0 aliphatic rings. The van der Waals surface area contributed by atoms with Crippen molar-refractivity contribution in [2.75, 3.05) is 18.9 Å². The topological polar surface area (TPSA) is 65.5 Å². The number of anilines is 1. The third-order valence-corrected chi connectivity index (χ3v) is 3.05. The van der Waals surface area contributed by atoms with Gasteiger partial charge in [0.15, 0.2) is 5.96 Å². The second-order valence-electron chi connectivity index (χ2n) is 4.82. The van der Waals surface area contributed by atoms with E-state index in [0.717, 1.165) is 5.56 Å². The van der Waals surface area contributed by atoms with Crippen LogP contribution in [0.3, 0.4) is 0 Å². The van der Waals surface area contributed by atoms with Gasteiger partial charge in [-0.2, -0.15) is 0 Å². The van der Waals surface area contributed by atoms with E-state index in [0.29, 0.717) is 18.2 Å². The Kier molecular flexibility index (Phi) is 8.77. The van der Waals surface area contributed by atoms with Gasteiger partial charge in [0, 0.05) is 19.3 Å². The number of halogens is 2. The normalized spacial score (nSPS) is 10.5. The fraction of sp³-hybridized carbons (Fsp3) is 0.176. The highest BCUT2D eigenvalue weighted by Crippen LogP contribution is 2.08. The minimum absolute atomic E-state index is 0. The van der Waals surface area contributed by atoms with Gasteiger partial charge in [-0.25, -0.2) is 4.39 Å². The van der Waals surface area contributed by atoms with Crippen LogP contribution in [-0.2, 0) is 11.3 Å². The number of amides is 1. The van der Waals surface area contributed by atoms with Gasteiger partial charge in [-0.15, -0.1) is 24.0 Å². The van der Waals surface area contributed by atoms with Gasteiger partial charge in [-0.05, 0) is 23.8 Å². The van der Waals surface area contributed by atoms with E-state index in [1.165, 1.54) is 12.1 Å². The lowest BCUT2D eigenvalue weighted by Gasteiger charge is -2.12. The van der Waals surface area contributed by atoms with Crippen LogP contribution in [0.5, 0.6) is 0 Å². The standard InChI is InChI=1S/C17H19FN4O.HI/c1-19-17(20-11-13-6-3-2-4-7-13)21-12-16(23)22-15-9-5-8-14(18)10-15;/h2-10H,11-12H2,1H3,(H,22,23)(H2,19,20,21);1H. The molecule has 5 nitrogen and oxygen atoms in total. The maximum atomic E-state index is 13.1. The summed E-state index contributed by atoms with van der Waals surface area (Å²) in [5, 5.41) is 8.63. The van der Waals surface area contributed by atoms with Crippen molar-refractivity contribution in [2.24, 2.45) is 4.99 Å². The Hall–Kier alpha value is -2.16. The van der Waals surface area contributed by atoms with Crippen LogP contribution in [0.25, 0.3) is 0 Å². The predicted octanol–water partition coefficient (Wildman–Crippen LogP) is 2.75. The van der Waals surface area contributed by atoms with Crippen molar-refractivity contribution < 1.29 is 9.18 Å². The molecule has 2 aromatic rings. The molecule has 0 unspecified atom stereocenters. The van der Waals surface area contributed by atoms with Crippen LogP contribution in [0.2, 0.25) is 0 Å². The summed E-state index contributed by atoms with van der Waals surface area (Å²) in [6, 6.07) is 15.6. The van der Waals surface area contributed by atoms with Crippen LogP contribution in [0.4, 0.5) is 10.1 Å². The van der Waals surface area contributed by atoms with Crippen LogP contribution in [0.15, 0.2) is 59.6 Å². The van der Waals surface area contributed by atoms with E-state index < -0.39 is 5.82 Å². The summed E-state index contributed by atoms with van der Waals surface area (Å²) in [6.07, 6.45) is 0. The molecule has 0 saturated carbocycles. The number of aliphatic imine (C=N–C) groups is 1. The van der Waals surface area contributed by atoms with E-state index in [1.54, 1.807) is 19.2 Å². The fourth-order valence-electron chi connectivity index (χ4n) is 1.94. The number of carbonyl (C=O) groups excluding carboxylic acids is 1. The minimum Gasteiger partial charge on any atom is -0.352 e. The molecule has 24 heavy (non-hydrogen) atoms. The summed E-state index contributed by atoms with van der Waals surface area (Å²) in [5.41, 5.74) is 1.53. The molecule has 2 aromatic carbocycles. The molecule has 2 rings (SSSR count). The predicted molar refractivity (Wildman–Crippen MR) is 105 cm³/mol. The molecular weight excluding hydrogens is 422 g/mol. The zero-order valence-electron chi connectivity index (χ0n) is 13.3. The largest absolute Gasteiger partial charge is 0.352 e. The van der Waals surface area contributed by atoms with Gasteiger partial charge in [-0.3, -0.25) is 9.79 Å². The second kappa shape index (κ2) is 10.6. The van der Waals surface area contributed by atoms with Crippen molar-refractivity contribution in [1.29, 1.82) is 0 Å². The molecule has 128 valence electrons. The van der Waals surface area contributed by atoms with Crippen molar-refractivity contribution in [1.82, 2.24) is 10.6 Å². The van der Waals surface area contributed by atoms with Crippen LogP contribution in [-0.4, -0.2) is 25.5 Å². The SMILES string of the molecule is CN=C(NCC(=O)Nc1cccc(F)c1)NCc1ccccc1.I. The average Bonchev–Trinajstić information content (AvgIpc) is 2.56. The summed E-state index contributed by atoms with van der Waals surface area (Å²) in [4.78, 5) is 15.9. The summed E-state index contributed by atoms with van der Waals surface area (Å²) in [7, 11) is 1.63. The fourth-order valence-corrected chi connectivity index (χ4v) is 1.94. The summed E-state index contributed by atoms with van der Waals surface area (Å²) < 4.78 is 13.1. The van der Waals surface area contributed by atoms with Gasteiger partial charge < -0.3 is 16.0 Å². The van der Waals surface area contributed by atoms with E-state index in [9.17, 15) is 9.18 Å². The van der Waals surface area contributed by atoms with Crippen LogP contribution in [0, 0.1) is 5.82 Å². The maximum absolute atomic E-state index is 13.1. The Labute approximate surface area is 157 Å². The quantitative estimate of drug-likeness (QED) is 0.379. The average molecular weight is 442 g/mol. The van der Waals surface area contributed by atoms with Gasteiger partial charge in [0.2, 0.25) is 5.91 Å². The van der Waals surface area contributed by atoms with Gasteiger partial charge in [0.1, 0.15) is 5.82 Å². The number of hydrogen-bond acceptors (Lipinski definition) is 2. The summed E-state index contributed by atoms with van der Waals surface area (Å²) in [5.74, 6) is -0.155. The van der Waals surface area contributed by atoms with Gasteiger partial charge >= 0.3 is 0 Å². The summed E-state index contributed by atoms with van der Waals surface area (Å²) >= 11 is 0. The second-order valence-corrected chi connectivity index (χ2v) is 4.82. The third kappa shape index (κ3) is 6.95. The number of carbonyl (C=O) groups is 1. The zero-order chi connectivity index (χ0) is 16.5. The lowest BCUT2D eigenvalue weighted by atomic mass is 10.2. The van der Waals surface area contributed by atoms with Crippen LogP contribution in [0.1, 0.15) is 5.56 Å². The molecule has 0 saturated heterocycles. The highest BCUT2D eigenvalue weighted by molar-refractivity contribution is 14.0. The number of benzene rings is 2. The first-order chi connectivity index (χ1) is 11.2. The first-order valence-electron chi connectivity index (χ1n) is 7.21. The molecule has 0 heterocycles. The van der Waals surface area contributed by atoms with Gasteiger partial charge in [0.05, 0.1) is 6.54 Å². The molecule has 0 fully saturated rings. The zero-order valence-corrected chi connectivity index (χ0v) is 15.6. The van der Waals surface area contributed by atoms with Crippen molar-refractivity contribution in [3.05, 3.63) is 66.0 Å².